The number of hydrogen-bond acceptors (Lipinski definition) is 7. The number of sulfonamides is 1. The van der Waals surface area contributed by atoms with Crippen molar-refractivity contribution >= 4 is 27.8 Å². The van der Waals surface area contributed by atoms with Crippen LogP contribution < -0.4 is 15.1 Å². The minimum absolute atomic E-state index is 0.0687. The largest absolute Gasteiger partial charge is 0.543 e. The fraction of sp³-hybridized carbons (Fsp3) is 0.440. The Morgan fingerprint density at radius 3 is 2.46 bits per heavy atom. The van der Waals surface area contributed by atoms with Gasteiger partial charge in [0.2, 0.25) is 0 Å². The minimum atomic E-state index is -4.29. The Labute approximate surface area is 205 Å². The van der Waals surface area contributed by atoms with Gasteiger partial charge in [-0.05, 0) is 55.5 Å². The molecule has 188 valence electrons. The van der Waals surface area contributed by atoms with E-state index in [9.17, 15) is 27.9 Å². The van der Waals surface area contributed by atoms with E-state index in [1.165, 1.54) is 30.3 Å². The molecule has 3 rings (SSSR count). The molecule has 2 amide bonds. The molecule has 9 nitrogen and oxygen atoms in total. The number of benzene rings is 1. The van der Waals surface area contributed by atoms with Gasteiger partial charge >= 0.3 is 0 Å². The number of pyridine rings is 1. The Kier molecular flexibility index (Phi) is 8.97. The number of nitrogens with zero attached hydrogens (tertiary/aromatic N) is 1. The van der Waals surface area contributed by atoms with E-state index in [0.29, 0.717) is 18.4 Å². The van der Waals surface area contributed by atoms with Crippen molar-refractivity contribution in [3.63, 3.8) is 0 Å². The zero-order valence-electron chi connectivity index (χ0n) is 19.7. The van der Waals surface area contributed by atoms with E-state index < -0.39 is 21.9 Å². The lowest BCUT2D eigenvalue weighted by molar-refractivity contribution is -0.255. The molecule has 1 aliphatic carbocycles. The third kappa shape index (κ3) is 7.11. The van der Waals surface area contributed by atoms with E-state index in [1.54, 1.807) is 0 Å². The molecular weight excluding hydrogens is 470 g/mol. The summed E-state index contributed by atoms with van der Waals surface area (Å²) < 4.78 is 27.7. The smallest absolute Gasteiger partial charge is 0.266 e. The van der Waals surface area contributed by atoms with E-state index in [-0.39, 0.29) is 33.7 Å². The summed E-state index contributed by atoms with van der Waals surface area (Å²) in [6, 6.07) is 6.87. The summed E-state index contributed by atoms with van der Waals surface area (Å²) in [5.41, 5.74) is 0.141. The third-order valence-corrected chi connectivity index (χ3v) is 7.37. The molecule has 10 heteroatoms. The second-order valence-electron chi connectivity index (χ2n) is 8.75. The quantitative estimate of drug-likeness (QED) is 0.476. The van der Waals surface area contributed by atoms with Crippen LogP contribution in [0.3, 0.4) is 0 Å². The van der Waals surface area contributed by atoms with Gasteiger partial charge in [-0.25, -0.2) is 13.1 Å². The molecule has 1 aliphatic rings. The summed E-state index contributed by atoms with van der Waals surface area (Å²) in [6.45, 7) is 2.00. The van der Waals surface area contributed by atoms with Crippen LogP contribution in [-0.2, 0) is 16.4 Å². The first-order valence-corrected chi connectivity index (χ1v) is 13.4. The SMILES string of the molecule is CCCCCc1cc(C(=O)NS(=O)(=O)c2cccc(C(=O)NC3CCCCC3)c2)cnc1C(=O)[O-]. The van der Waals surface area contributed by atoms with Crippen molar-refractivity contribution in [1.29, 1.82) is 0 Å². The van der Waals surface area contributed by atoms with Crippen molar-refractivity contribution in [1.82, 2.24) is 15.0 Å². The average molecular weight is 501 g/mol. The highest BCUT2D eigenvalue weighted by Crippen LogP contribution is 2.19. The molecule has 0 unspecified atom stereocenters. The zero-order chi connectivity index (χ0) is 25.4. The van der Waals surface area contributed by atoms with Gasteiger partial charge in [0.15, 0.2) is 0 Å². The van der Waals surface area contributed by atoms with E-state index >= 15 is 0 Å². The van der Waals surface area contributed by atoms with Crippen molar-refractivity contribution < 1.29 is 27.9 Å². The van der Waals surface area contributed by atoms with Crippen molar-refractivity contribution in [3.8, 4) is 0 Å². The molecule has 0 saturated heterocycles. The Hall–Kier alpha value is -3.27. The molecule has 0 radical (unpaired) electrons. The van der Waals surface area contributed by atoms with Crippen LogP contribution in [0.1, 0.15) is 95.1 Å². The molecule has 1 saturated carbocycles. The molecule has 0 spiro atoms. The van der Waals surface area contributed by atoms with Crippen LogP contribution in [0, 0.1) is 0 Å². The maximum Gasteiger partial charge on any atom is 0.266 e. The normalized spacial score (nSPS) is 14.3. The lowest BCUT2D eigenvalue weighted by Gasteiger charge is -2.22. The first-order valence-electron chi connectivity index (χ1n) is 11.9. The highest BCUT2D eigenvalue weighted by molar-refractivity contribution is 7.90. The summed E-state index contributed by atoms with van der Waals surface area (Å²) in [7, 11) is -4.29. The number of carbonyl (C=O) groups is 3. The van der Waals surface area contributed by atoms with Crippen LogP contribution in [0.5, 0.6) is 0 Å². The second kappa shape index (κ2) is 11.9. The lowest BCUT2D eigenvalue weighted by Crippen LogP contribution is -2.36. The lowest BCUT2D eigenvalue weighted by atomic mass is 9.95. The Bertz CT molecular complexity index is 1190. The molecule has 1 fully saturated rings. The van der Waals surface area contributed by atoms with Crippen LogP contribution in [0.2, 0.25) is 0 Å². The van der Waals surface area contributed by atoms with Crippen LogP contribution >= 0.6 is 0 Å². The van der Waals surface area contributed by atoms with Gasteiger partial charge in [0, 0.05) is 17.8 Å². The molecule has 1 aromatic heterocycles. The number of amides is 2. The maximum atomic E-state index is 12.9. The van der Waals surface area contributed by atoms with Gasteiger partial charge in [-0.2, -0.15) is 0 Å². The Morgan fingerprint density at radius 1 is 1.03 bits per heavy atom. The van der Waals surface area contributed by atoms with E-state index in [0.717, 1.165) is 51.1 Å². The van der Waals surface area contributed by atoms with Gasteiger partial charge in [-0.15, -0.1) is 0 Å². The summed E-state index contributed by atoms with van der Waals surface area (Å²) >= 11 is 0. The van der Waals surface area contributed by atoms with Gasteiger partial charge in [0.1, 0.15) is 0 Å². The number of hydrogen-bond donors (Lipinski definition) is 2. The van der Waals surface area contributed by atoms with Crippen LogP contribution in [0.15, 0.2) is 41.4 Å². The molecule has 35 heavy (non-hydrogen) atoms. The molecule has 2 aromatic rings. The molecule has 0 bridgehead atoms. The Balaban J connectivity index is 1.75. The highest BCUT2D eigenvalue weighted by Gasteiger charge is 2.22. The maximum absolute atomic E-state index is 12.9. The first-order chi connectivity index (χ1) is 16.7. The third-order valence-electron chi connectivity index (χ3n) is 6.05. The molecule has 2 N–H and O–H groups in total. The van der Waals surface area contributed by atoms with Crippen molar-refractivity contribution in [3.05, 3.63) is 58.9 Å². The van der Waals surface area contributed by atoms with Gasteiger partial charge in [-0.3, -0.25) is 14.6 Å². The predicted octanol–water partition coefficient (Wildman–Crippen LogP) is 2.36. The first kappa shape index (κ1) is 26.3. The zero-order valence-corrected chi connectivity index (χ0v) is 20.5. The van der Waals surface area contributed by atoms with Crippen molar-refractivity contribution in [2.45, 2.75) is 75.6 Å². The van der Waals surface area contributed by atoms with E-state index in [2.05, 4.69) is 10.3 Å². The fourth-order valence-corrected chi connectivity index (χ4v) is 5.15. The summed E-state index contributed by atoms with van der Waals surface area (Å²) in [5, 5.41) is 14.3. The number of aromatic carboxylic acids is 1. The monoisotopic (exact) mass is 500 g/mol. The molecule has 1 aromatic carbocycles. The van der Waals surface area contributed by atoms with E-state index in [4.69, 9.17) is 0 Å². The Morgan fingerprint density at radius 2 is 1.77 bits per heavy atom. The number of carboxylic acids is 1. The van der Waals surface area contributed by atoms with Crippen molar-refractivity contribution in [2.75, 3.05) is 0 Å². The topological polar surface area (TPSA) is 145 Å². The number of nitrogens with one attached hydrogen (secondary N) is 2. The molecular formula is C25H30N3O6S-. The van der Waals surface area contributed by atoms with Crippen LogP contribution in [0.4, 0.5) is 0 Å². The minimum Gasteiger partial charge on any atom is -0.543 e. The number of aryl methyl sites for hydroxylation is 1. The predicted molar refractivity (Wildman–Crippen MR) is 127 cm³/mol. The van der Waals surface area contributed by atoms with Gasteiger partial charge < -0.3 is 15.2 Å². The summed E-state index contributed by atoms with van der Waals surface area (Å²) in [6.07, 6.45) is 8.88. The molecule has 0 aliphatic heterocycles. The van der Waals surface area contributed by atoms with Gasteiger partial charge in [0.05, 0.1) is 22.1 Å². The van der Waals surface area contributed by atoms with Crippen molar-refractivity contribution in [2.24, 2.45) is 0 Å². The summed E-state index contributed by atoms with van der Waals surface area (Å²) in [4.78, 5) is 40.2. The number of rotatable bonds is 10. The standard InChI is InChI=1S/C25H31N3O6S/c1-2-3-5-9-17-14-19(16-26-22(17)25(31)32)24(30)28-35(33,34)21-13-8-10-18(15-21)23(29)27-20-11-6-4-7-12-20/h8,10,13-16,20H,2-7,9,11-12H2,1H3,(H,27,29)(H,28,30)(H,31,32)/p-1. The molecule has 0 atom stereocenters. The molecule has 1 heterocycles. The number of unbranched alkanes of at least 4 members (excludes halogenated alkanes) is 2. The average Bonchev–Trinajstić information content (AvgIpc) is 2.84. The second-order valence-corrected chi connectivity index (χ2v) is 10.4. The highest BCUT2D eigenvalue weighted by atomic mass is 32.2. The van der Waals surface area contributed by atoms with E-state index in [1.807, 2.05) is 11.6 Å². The summed E-state index contributed by atoms with van der Waals surface area (Å²) in [5.74, 6) is -2.77. The number of carbonyl (C=O) groups excluding carboxylic acids is 3. The number of aromatic nitrogens is 1. The number of carboxylic acid groups (broad SMARTS) is 1. The van der Waals surface area contributed by atoms with Crippen LogP contribution in [0.25, 0.3) is 0 Å². The van der Waals surface area contributed by atoms with Crippen LogP contribution in [-0.4, -0.2) is 37.2 Å². The van der Waals surface area contributed by atoms with Gasteiger partial charge in [-0.1, -0.05) is 45.1 Å². The van der Waals surface area contributed by atoms with Gasteiger partial charge in [0.25, 0.3) is 21.8 Å². The fourth-order valence-electron chi connectivity index (χ4n) is 4.13.